The Morgan fingerprint density at radius 2 is 2.04 bits per heavy atom. The molecule has 3 N–H and O–H groups in total. The Bertz CT molecular complexity index is 947. The molecule has 1 aliphatic carbocycles. The van der Waals surface area contributed by atoms with Crippen LogP contribution in [0.25, 0.3) is 10.8 Å². The number of nitrogens with zero attached hydrogens (tertiary/aromatic N) is 3. The van der Waals surface area contributed by atoms with E-state index < -0.39 is 0 Å². The molecule has 0 saturated heterocycles. The monoisotopic (exact) mass is 382 g/mol. The molecule has 8 nitrogen and oxygen atoms in total. The van der Waals surface area contributed by atoms with Gasteiger partial charge in [0.15, 0.2) is 10.8 Å². The van der Waals surface area contributed by atoms with Crippen LogP contribution in [0.2, 0.25) is 0 Å². The lowest BCUT2D eigenvalue weighted by Gasteiger charge is -2.14. The summed E-state index contributed by atoms with van der Waals surface area (Å²) in [6.07, 6.45) is 3.35. The number of amides is 2. The molecule has 2 amide bonds. The number of hydrogen-bond donors (Lipinski definition) is 3. The minimum Gasteiger partial charge on any atom is -0.344 e. The molecular formula is C18H18N6O2S. The molecule has 2 aromatic heterocycles. The standard InChI is InChI=1S/C18H18N6O2S/c1-10(11-4-6-13(7-5-11)22-16(25)12-2-3-12)21-17(26)14-8-27-18(23-14)15-19-9-20-24-15/h4-10,12H,2-3H2,1H3,(H,21,26)(H,22,25)(H,19,20,24)/t10-/m0/s1. The van der Waals surface area contributed by atoms with Crippen LogP contribution < -0.4 is 10.6 Å². The predicted octanol–water partition coefficient (Wildman–Crippen LogP) is 2.77. The van der Waals surface area contributed by atoms with Crippen LogP contribution in [0.15, 0.2) is 36.0 Å². The van der Waals surface area contributed by atoms with E-state index in [0.29, 0.717) is 16.5 Å². The lowest BCUT2D eigenvalue weighted by Crippen LogP contribution is -2.26. The van der Waals surface area contributed by atoms with Crippen LogP contribution in [-0.2, 0) is 4.79 Å². The zero-order valence-corrected chi connectivity index (χ0v) is 15.4. The Balaban J connectivity index is 1.37. The largest absolute Gasteiger partial charge is 0.344 e. The number of anilines is 1. The van der Waals surface area contributed by atoms with Gasteiger partial charge in [-0.2, -0.15) is 5.10 Å². The second-order valence-electron chi connectivity index (χ2n) is 6.45. The summed E-state index contributed by atoms with van der Waals surface area (Å²) in [7, 11) is 0. The van der Waals surface area contributed by atoms with E-state index in [-0.39, 0.29) is 23.8 Å². The Morgan fingerprint density at radius 3 is 2.70 bits per heavy atom. The van der Waals surface area contributed by atoms with Crippen LogP contribution >= 0.6 is 11.3 Å². The van der Waals surface area contributed by atoms with E-state index in [1.54, 1.807) is 5.38 Å². The molecule has 3 aromatic rings. The fourth-order valence-corrected chi connectivity index (χ4v) is 3.34. The third-order valence-corrected chi connectivity index (χ3v) is 5.18. The zero-order valence-electron chi connectivity index (χ0n) is 14.6. The van der Waals surface area contributed by atoms with Gasteiger partial charge in [0, 0.05) is 17.0 Å². The Labute approximate surface area is 159 Å². The van der Waals surface area contributed by atoms with E-state index in [1.165, 1.54) is 17.7 Å². The number of carbonyl (C=O) groups excluding carboxylic acids is 2. The van der Waals surface area contributed by atoms with Crippen LogP contribution in [-0.4, -0.2) is 32.0 Å². The maximum absolute atomic E-state index is 12.4. The highest BCUT2D eigenvalue weighted by atomic mass is 32.1. The first kappa shape index (κ1) is 17.3. The second-order valence-corrected chi connectivity index (χ2v) is 7.31. The number of nitrogens with one attached hydrogen (secondary N) is 3. The van der Waals surface area contributed by atoms with Gasteiger partial charge >= 0.3 is 0 Å². The number of hydrogen-bond acceptors (Lipinski definition) is 6. The lowest BCUT2D eigenvalue weighted by molar-refractivity contribution is -0.117. The molecule has 0 bridgehead atoms. The number of rotatable bonds is 6. The molecule has 9 heteroatoms. The van der Waals surface area contributed by atoms with Crippen molar-refractivity contribution in [3.8, 4) is 10.8 Å². The summed E-state index contributed by atoms with van der Waals surface area (Å²) in [5, 5.41) is 14.6. The van der Waals surface area contributed by atoms with Gasteiger partial charge in [-0.25, -0.2) is 9.97 Å². The molecule has 138 valence electrons. The van der Waals surface area contributed by atoms with Crippen LogP contribution in [0, 0.1) is 5.92 Å². The lowest BCUT2D eigenvalue weighted by atomic mass is 10.1. The van der Waals surface area contributed by atoms with Crippen molar-refractivity contribution in [3.63, 3.8) is 0 Å². The zero-order chi connectivity index (χ0) is 18.8. The number of H-pyrrole nitrogens is 1. The molecule has 1 aliphatic rings. The van der Waals surface area contributed by atoms with Crippen LogP contribution in [0.1, 0.15) is 41.9 Å². The highest BCUT2D eigenvalue weighted by Gasteiger charge is 2.29. The topological polar surface area (TPSA) is 113 Å². The van der Waals surface area contributed by atoms with Gasteiger partial charge in [0.1, 0.15) is 12.0 Å². The third-order valence-electron chi connectivity index (χ3n) is 4.33. The number of aromatic nitrogens is 4. The molecule has 4 rings (SSSR count). The van der Waals surface area contributed by atoms with Crippen molar-refractivity contribution >= 4 is 28.8 Å². The van der Waals surface area contributed by atoms with Crippen molar-refractivity contribution in [2.45, 2.75) is 25.8 Å². The summed E-state index contributed by atoms with van der Waals surface area (Å²) in [6.45, 7) is 1.90. The van der Waals surface area contributed by atoms with Crippen molar-refractivity contribution in [3.05, 3.63) is 47.2 Å². The SMILES string of the molecule is C[C@H](NC(=O)c1csc(-c2ncn[nH]2)n1)c1ccc(NC(=O)C2CC2)cc1. The molecule has 0 spiro atoms. The van der Waals surface area contributed by atoms with Gasteiger partial charge < -0.3 is 10.6 Å². The van der Waals surface area contributed by atoms with Crippen molar-refractivity contribution in [2.24, 2.45) is 5.92 Å². The van der Waals surface area contributed by atoms with E-state index in [4.69, 9.17) is 0 Å². The Hall–Kier alpha value is -3.07. The first-order valence-corrected chi connectivity index (χ1v) is 9.51. The normalized spacial score (nSPS) is 14.6. The van der Waals surface area contributed by atoms with Gasteiger partial charge in [0.2, 0.25) is 5.91 Å². The fraction of sp³-hybridized carbons (Fsp3) is 0.278. The van der Waals surface area contributed by atoms with Crippen molar-refractivity contribution in [1.29, 1.82) is 0 Å². The predicted molar refractivity (Wildman–Crippen MR) is 101 cm³/mol. The van der Waals surface area contributed by atoms with E-state index >= 15 is 0 Å². The van der Waals surface area contributed by atoms with Crippen molar-refractivity contribution in [1.82, 2.24) is 25.5 Å². The number of aromatic amines is 1. The number of benzene rings is 1. The van der Waals surface area contributed by atoms with Gasteiger partial charge in [-0.3, -0.25) is 14.7 Å². The summed E-state index contributed by atoms with van der Waals surface area (Å²) < 4.78 is 0. The van der Waals surface area contributed by atoms with E-state index in [2.05, 4.69) is 30.8 Å². The number of carbonyl (C=O) groups is 2. The molecular weight excluding hydrogens is 364 g/mol. The fourth-order valence-electron chi connectivity index (χ4n) is 2.59. The molecule has 27 heavy (non-hydrogen) atoms. The van der Waals surface area contributed by atoms with Gasteiger partial charge in [-0.05, 0) is 37.5 Å². The summed E-state index contributed by atoms with van der Waals surface area (Å²) in [6, 6.07) is 7.30. The molecule has 0 unspecified atom stereocenters. The Morgan fingerprint density at radius 1 is 1.26 bits per heavy atom. The molecule has 2 heterocycles. The van der Waals surface area contributed by atoms with Crippen molar-refractivity contribution in [2.75, 3.05) is 5.32 Å². The second kappa shape index (κ2) is 7.28. The first-order chi connectivity index (χ1) is 13.1. The summed E-state index contributed by atoms with van der Waals surface area (Å²) in [5.74, 6) is 0.532. The van der Waals surface area contributed by atoms with Crippen LogP contribution in [0.5, 0.6) is 0 Å². The van der Waals surface area contributed by atoms with Crippen molar-refractivity contribution < 1.29 is 9.59 Å². The molecule has 1 atom stereocenters. The van der Waals surface area contributed by atoms with E-state index in [9.17, 15) is 9.59 Å². The minimum absolute atomic E-state index is 0.0789. The van der Waals surface area contributed by atoms with Gasteiger partial charge in [-0.15, -0.1) is 11.3 Å². The molecule has 1 aromatic carbocycles. The molecule has 1 fully saturated rings. The minimum atomic E-state index is -0.254. The molecule has 0 aliphatic heterocycles. The average Bonchev–Trinajstić information content (AvgIpc) is 3.17. The highest BCUT2D eigenvalue weighted by Crippen LogP contribution is 2.30. The molecule has 0 radical (unpaired) electrons. The van der Waals surface area contributed by atoms with Gasteiger partial charge in [0.05, 0.1) is 6.04 Å². The maximum Gasteiger partial charge on any atom is 0.271 e. The molecule has 1 saturated carbocycles. The number of thiazole rings is 1. The maximum atomic E-state index is 12.4. The summed E-state index contributed by atoms with van der Waals surface area (Å²) >= 11 is 1.33. The van der Waals surface area contributed by atoms with Crippen LogP contribution in [0.4, 0.5) is 5.69 Å². The van der Waals surface area contributed by atoms with E-state index in [1.807, 2.05) is 31.2 Å². The summed E-state index contributed by atoms with van der Waals surface area (Å²) in [4.78, 5) is 32.6. The van der Waals surface area contributed by atoms with Gasteiger partial charge in [0.25, 0.3) is 5.91 Å². The summed E-state index contributed by atoms with van der Waals surface area (Å²) in [5.41, 5.74) is 2.05. The Kier molecular flexibility index (Phi) is 4.68. The van der Waals surface area contributed by atoms with Crippen LogP contribution in [0.3, 0.4) is 0 Å². The van der Waals surface area contributed by atoms with Gasteiger partial charge in [-0.1, -0.05) is 12.1 Å². The van der Waals surface area contributed by atoms with E-state index in [0.717, 1.165) is 24.1 Å². The highest BCUT2D eigenvalue weighted by molar-refractivity contribution is 7.13. The third kappa shape index (κ3) is 4.03. The quantitative estimate of drug-likeness (QED) is 0.607. The smallest absolute Gasteiger partial charge is 0.271 e. The average molecular weight is 382 g/mol. The first-order valence-electron chi connectivity index (χ1n) is 8.63.